The summed E-state index contributed by atoms with van der Waals surface area (Å²) in [5.74, 6) is 0.975. The van der Waals surface area contributed by atoms with E-state index in [-0.39, 0.29) is 5.92 Å². The molecule has 0 spiro atoms. The van der Waals surface area contributed by atoms with Crippen molar-refractivity contribution in [2.75, 3.05) is 18.0 Å². The normalized spacial score (nSPS) is 15.8. The van der Waals surface area contributed by atoms with Crippen LogP contribution in [0.3, 0.4) is 0 Å². The lowest BCUT2D eigenvalue weighted by Gasteiger charge is -2.31. The van der Waals surface area contributed by atoms with Crippen LogP contribution < -0.4 is 15.0 Å². The summed E-state index contributed by atoms with van der Waals surface area (Å²) in [7, 11) is 0. The van der Waals surface area contributed by atoms with Gasteiger partial charge >= 0.3 is 5.97 Å². The van der Waals surface area contributed by atoms with Crippen LogP contribution in [0.25, 0.3) is 11.0 Å². The molecule has 0 radical (unpaired) electrons. The average molecular weight is 470 g/mol. The number of anilines is 1. The van der Waals surface area contributed by atoms with E-state index in [0.717, 1.165) is 47.4 Å². The van der Waals surface area contributed by atoms with E-state index in [1.807, 2.05) is 66.9 Å². The number of aromatic nitrogens is 3. The Hall–Kier alpha value is -4.04. The molecule has 2 N–H and O–H groups in total. The number of aliphatic carboxylic acids is 1. The van der Waals surface area contributed by atoms with Crippen molar-refractivity contribution in [2.45, 2.75) is 25.9 Å². The van der Waals surface area contributed by atoms with Gasteiger partial charge in [0.25, 0.3) is 0 Å². The van der Waals surface area contributed by atoms with Crippen molar-refractivity contribution >= 4 is 22.8 Å². The zero-order chi connectivity index (χ0) is 24.0. The maximum absolute atomic E-state index is 11.3. The number of rotatable bonds is 8. The number of ether oxygens (including phenoxy) is 1. The predicted molar refractivity (Wildman–Crippen MR) is 133 cm³/mol. The molecule has 3 heterocycles. The van der Waals surface area contributed by atoms with Crippen LogP contribution in [0.4, 0.5) is 5.82 Å². The highest BCUT2D eigenvalue weighted by molar-refractivity contribution is 5.74. The summed E-state index contributed by atoms with van der Waals surface area (Å²) >= 11 is 0. The van der Waals surface area contributed by atoms with E-state index in [1.54, 1.807) is 6.20 Å². The molecule has 1 saturated heterocycles. The van der Waals surface area contributed by atoms with Crippen molar-refractivity contribution in [3.63, 3.8) is 0 Å². The van der Waals surface area contributed by atoms with E-state index in [2.05, 4.69) is 25.2 Å². The molecule has 0 saturated carbocycles. The number of benzene rings is 2. The molecule has 2 aromatic heterocycles. The smallest absolute Gasteiger partial charge is 0.308 e. The van der Waals surface area contributed by atoms with Crippen molar-refractivity contribution in [3.8, 4) is 11.6 Å². The molecule has 4 aromatic rings. The third-order valence-corrected chi connectivity index (χ3v) is 6.13. The number of pyridine rings is 1. The minimum atomic E-state index is -0.725. The zero-order valence-electron chi connectivity index (χ0n) is 19.3. The molecule has 0 amide bonds. The molecule has 5 rings (SSSR count). The van der Waals surface area contributed by atoms with Gasteiger partial charge in [-0.3, -0.25) is 4.79 Å². The fraction of sp³-hybridized carbons (Fsp3) is 0.259. The van der Waals surface area contributed by atoms with E-state index in [1.165, 1.54) is 0 Å². The number of hydrogen-bond acceptors (Lipinski definition) is 7. The van der Waals surface area contributed by atoms with Crippen LogP contribution >= 0.6 is 0 Å². The third-order valence-electron chi connectivity index (χ3n) is 6.13. The van der Waals surface area contributed by atoms with Gasteiger partial charge in [-0.1, -0.05) is 30.3 Å². The first-order valence-corrected chi connectivity index (χ1v) is 11.8. The third kappa shape index (κ3) is 5.73. The van der Waals surface area contributed by atoms with Gasteiger partial charge in [0.2, 0.25) is 5.88 Å². The van der Waals surface area contributed by atoms with Crippen LogP contribution in [0.15, 0.2) is 73.1 Å². The number of para-hydroxylation sites is 2. The highest BCUT2D eigenvalue weighted by atomic mass is 16.5. The van der Waals surface area contributed by atoms with Gasteiger partial charge in [0.15, 0.2) is 0 Å². The molecular weight excluding hydrogens is 442 g/mol. The van der Waals surface area contributed by atoms with Crippen LogP contribution in [0.5, 0.6) is 11.6 Å². The minimum absolute atomic E-state index is 0.316. The van der Waals surface area contributed by atoms with Gasteiger partial charge in [0.05, 0.1) is 23.1 Å². The Labute approximate surface area is 203 Å². The summed E-state index contributed by atoms with van der Waals surface area (Å²) in [5, 5.41) is 12.7. The molecule has 1 fully saturated rings. The van der Waals surface area contributed by atoms with E-state index < -0.39 is 5.97 Å². The van der Waals surface area contributed by atoms with Gasteiger partial charge in [0, 0.05) is 32.4 Å². The van der Waals surface area contributed by atoms with E-state index in [0.29, 0.717) is 31.3 Å². The number of piperidine rings is 1. The van der Waals surface area contributed by atoms with Crippen molar-refractivity contribution in [2.24, 2.45) is 5.92 Å². The molecule has 178 valence electrons. The number of fused-ring (bicyclic) bond motifs is 1. The maximum atomic E-state index is 11.3. The van der Waals surface area contributed by atoms with Crippen LogP contribution in [0, 0.1) is 5.92 Å². The highest BCUT2D eigenvalue weighted by Gasteiger charge is 2.25. The van der Waals surface area contributed by atoms with Crippen molar-refractivity contribution in [1.29, 1.82) is 0 Å². The molecule has 8 nitrogen and oxygen atoms in total. The topological polar surface area (TPSA) is 100 Å². The SMILES string of the molecule is O=C(O)C1CCCN(c2ccc(CNCc3ccc(Oc4cnc5ccccc5n4)cc3)cn2)C1. The monoisotopic (exact) mass is 469 g/mol. The summed E-state index contributed by atoms with van der Waals surface area (Å²) in [4.78, 5) is 26.8. The molecule has 0 aliphatic carbocycles. The Kier molecular flexibility index (Phi) is 6.81. The van der Waals surface area contributed by atoms with Crippen LogP contribution in [0.1, 0.15) is 24.0 Å². The van der Waals surface area contributed by atoms with Crippen molar-refractivity contribution in [1.82, 2.24) is 20.3 Å². The zero-order valence-corrected chi connectivity index (χ0v) is 19.3. The van der Waals surface area contributed by atoms with Gasteiger partial charge in [-0.05, 0) is 54.3 Å². The predicted octanol–water partition coefficient (Wildman–Crippen LogP) is 4.41. The number of hydrogen-bond donors (Lipinski definition) is 2. The number of nitrogens with one attached hydrogen (secondary N) is 1. The van der Waals surface area contributed by atoms with Gasteiger partial charge in [-0.15, -0.1) is 0 Å². The largest absolute Gasteiger partial charge is 0.481 e. The second kappa shape index (κ2) is 10.5. The summed E-state index contributed by atoms with van der Waals surface area (Å²) in [6.07, 6.45) is 5.10. The summed E-state index contributed by atoms with van der Waals surface area (Å²) in [6.45, 7) is 2.77. The van der Waals surface area contributed by atoms with Crippen molar-refractivity contribution < 1.29 is 14.6 Å². The minimum Gasteiger partial charge on any atom is -0.481 e. The molecule has 1 unspecified atom stereocenters. The average Bonchev–Trinajstić information content (AvgIpc) is 2.90. The molecule has 35 heavy (non-hydrogen) atoms. The molecule has 8 heteroatoms. The Bertz CT molecular complexity index is 1290. The summed E-state index contributed by atoms with van der Waals surface area (Å²) in [6, 6.07) is 19.6. The van der Waals surface area contributed by atoms with Crippen molar-refractivity contribution in [3.05, 3.63) is 84.2 Å². The molecule has 2 aromatic carbocycles. The molecule has 0 bridgehead atoms. The van der Waals surface area contributed by atoms with Crippen LogP contribution in [-0.4, -0.2) is 39.1 Å². The Morgan fingerprint density at radius 3 is 2.51 bits per heavy atom. The number of carboxylic acids is 1. The number of nitrogens with zero attached hydrogens (tertiary/aromatic N) is 4. The van der Waals surface area contributed by atoms with E-state index in [4.69, 9.17) is 4.74 Å². The summed E-state index contributed by atoms with van der Waals surface area (Å²) < 4.78 is 5.86. The lowest BCUT2D eigenvalue weighted by molar-refractivity contribution is -0.141. The Morgan fingerprint density at radius 2 is 1.74 bits per heavy atom. The quantitative estimate of drug-likeness (QED) is 0.391. The fourth-order valence-electron chi connectivity index (χ4n) is 4.23. The molecular formula is C27H27N5O3. The molecule has 1 atom stereocenters. The van der Waals surface area contributed by atoms with Gasteiger partial charge < -0.3 is 20.1 Å². The van der Waals surface area contributed by atoms with Gasteiger partial charge in [-0.25, -0.2) is 15.0 Å². The number of carbonyl (C=O) groups is 1. The van der Waals surface area contributed by atoms with E-state index in [9.17, 15) is 9.90 Å². The summed E-state index contributed by atoms with van der Waals surface area (Å²) in [5.41, 5.74) is 3.85. The fourth-order valence-corrected chi connectivity index (χ4v) is 4.23. The first-order valence-electron chi connectivity index (χ1n) is 11.8. The molecule has 1 aliphatic rings. The number of carboxylic acid groups (broad SMARTS) is 1. The lowest BCUT2D eigenvalue weighted by Crippen LogP contribution is -2.39. The van der Waals surface area contributed by atoms with Gasteiger partial charge in [0.1, 0.15) is 11.6 Å². The highest BCUT2D eigenvalue weighted by Crippen LogP contribution is 2.23. The first kappa shape index (κ1) is 22.7. The van der Waals surface area contributed by atoms with E-state index >= 15 is 0 Å². The molecule has 1 aliphatic heterocycles. The second-order valence-electron chi connectivity index (χ2n) is 8.69. The van der Waals surface area contributed by atoms with Crippen LogP contribution in [0.2, 0.25) is 0 Å². The standard InChI is InChI=1S/C27H27N5O3/c33-27(34)21-4-3-13-32(18-21)25-12-9-20(16-30-25)15-28-14-19-7-10-22(11-8-19)35-26-17-29-23-5-1-2-6-24(23)31-26/h1-2,5-12,16-17,21,28H,3-4,13-15,18H2,(H,33,34). The van der Waals surface area contributed by atoms with Gasteiger partial charge in [-0.2, -0.15) is 0 Å². The Balaban J connectivity index is 1.11. The first-order chi connectivity index (χ1) is 17.1. The maximum Gasteiger partial charge on any atom is 0.308 e. The second-order valence-corrected chi connectivity index (χ2v) is 8.69. The van der Waals surface area contributed by atoms with Crippen LogP contribution in [-0.2, 0) is 17.9 Å². The lowest BCUT2D eigenvalue weighted by atomic mass is 9.98. The Morgan fingerprint density at radius 1 is 0.971 bits per heavy atom.